The molecule has 122 valence electrons. The van der Waals surface area contributed by atoms with Crippen LogP contribution in [0.25, 0.3) is 0 Å². The van der Waals surface area contributed by atoms with Gasteiger partial charge in [0, 0.05) is 19.6 Å². The van der Waals surface area contributed by atoms with Crippen LogP contribution >= 0.6 is 0 Å². The number of primary amides is 1. The molecule has 6 nitrogen and oxygen atoms in total. The van der Waals surface area contributed by atoms with Gasteiger partial charge in [-0.1, -0.05) is 0 Å². The molecule has 2 rings (SSSR count). The lowest BCUT2D eigenvalue weighted by Gasteiger charge is -2.36. The van der Waals surface area contributed by atoms with E-state index in [4.69, 9.17) is 15.2 Å². The Hall–Kier alpha value is -1.95. The van der Waals surface area contributed by atoms with Crippen LogP contribution in [-0.4, -0.2) is 47.4 Å². The molecule has 0 unspecified atom stereocenters. The summed E-state index contributed by atoms with van der Waals surface area (Å²) in [5.41, 5.74) is 4.50. The molecule has 1 amide bonds. The van der Waals surface area contributed by atoms with Crippen molar-refractivity contribution in [1.82, 2.24) is 4.90 Å². The molecular formula is C16H24N2O4. The molecule has 22 heavy (non-hydrogen) atoms. The quantitative estimate of drug-likeness (QED) is 0.870. The van der Waals surface area contributed by atoms with Crippen molar-refractivity contribution in [1.29, 1.82) is 0 Å². The third-order valence-corrected chi connectivity index (χ3v) is 3.66. The number of hydrogen-bond acceptors (Lipinski definition) is 5. The first-order valence-corrected chi connectivity index (χ1v) is 7.50. The van der Waals surface area contributed by atoms with Crippen molar-refractivity contribution in [2.75, 3.05) is 19.6 Å². The van der Waals surface area contributed by atoms with Crippen molar-refractivity contribution < 1.29 is 19.4 Å². The molecule has 1 aliphatic rings. The minimum atomic E-state index is -0.740. The summed E-state index contributed by atoms with van der Waals surface area (Å²) >= 11 is 0. The Kier molecular flexibility index (Phi) is 5.13. The van der Waals surface area contributed by atoms with Crippen LogP contribution in [-0.2, 0) is 4.74 Å². The van der Waals surface area contributed by atoms with Gasteiger partial charge in [-0.25, -0.2) is 4.79 Å². The summed E-state index contributed by atoms with van der Waals surface area (Å²) in [6, 6.07) is 6.78. The van der Waals surface area contributed by atoms with Crippen LogP contribution in [0, 0.1) is 0 Å². The molecule has 0 radical (unpaired) electrons. The van der Waals surface area contributed by atoms with Crippen molar-refractivity contribution in [3.8, 4) is 11.5 Å². The number of benzene rings is 1. The molecule has 0 atom stereocenters. The Labute approximate surface area is 130 Å². The highest BCUT2D eigenvalue weighted by atomic mass is 16.6. The van der Waals surface area contributed by atoms with Gasteiger partial charge in [-0.15, -0.1) is 0 Å². The van der Waals surface area contributed by atoms with E-state index in [2.05, 4.69) is 4.90 Å². The first kappa shape index (κ1) is 16.4. The van der Waals surface area contributed by atoms with Gasteiger partial charge in [-0.3, -0.25) is 4.90 Å². The zero-order chi connectivity index (χ0) is 16.2. The van der Waals surface area contributed by atoms with Crippen molar-refractivity contribution in [2.24, 2.45) is 5.73 Å². The highest BCUT2D eigenvalue weighted by Gasteiger charge is 2.28. The SMILES string of the molecule is CC(C)(CN1CCC(Oc2ccc(O)cc2)CC1)OC(N)=O. The first-order valence-electron chi connectivity index (χ1n) is 7.50. The number of phenolic OH excluding ortho intramolecular Hbond substituents is 1. The van der Waals surface area contributed by atoms with Gasteiger partial charge in [-0.2, -0.15) is 0 Å². The van der Waals surface area contributed by atoms with E-state index in [-0.39, 0.29) is 11.9 Å². The molecule has 1 aromatic rings. The van der Waals surface area contributed by atoms with Gasteiger partial charge in [0.2, 0.25) is 0 Å². The molecule has 1 aromatic carbocycles. The molecule has 3 N–H and O–H groups in total. The van der Waals surface area contributed by atoms with Crippen LogP contribution in [0.3, 0.4) is 0 Å². The zero-order valence-corrected chi connectivity index (χ0v) is 13.1. The third-order valence-electron chi connectivity index (χ3n) is 3.66. The van der Waals surface area contributed by atoms with Crippen LogP contribution < -0.4 is 10.5 Å². The Morgan fingerprint density at radius 3 is 2.45 bits per heavy atom. The van der Waals surface area contributed by atoms with Gasteiger partial charge in [0.15, 0.2) is 0 Å². The van der Waals surface area contributed by atoms with Crippen molar-refractivity contribution >= 4 is 6.09 Å². The molecular weight excluding hydrogens is 284 g/mol. The lowest BCUT2D eigenvalue weighted by molar-refractivity contribution is 0.000819. The van der Waals surface area contributed by atoms with Gasteiger partial charge in [0.05, 0.1) is 0 Å². The molecule has 6 heteroatoms. The minimum Gasteiger partial charge on any atom is -0.508 e. The Morgan fingerprint density at radius 2 is 1.91 bits per heavy atom. The maximum Gasteiger partial charge on any atom is 0.405 e. The summed E-state index contributed by atoms with van der Waals surface area (Å²) < 4.78 is 11.0. The summed E-state index contributed by atoms with van der Waals surface area (Å²) in [7, 11) is 0. The van der Waals surface area contributed by atoms with Crippen LogP contribution in [0.4, 0.5) is 4.79 Å². The summed E-state index contributed by atoms with van der Waals surface area (Å²) in [4.78, 5) is 13.1. The van der Waals surface area contributed by atoms with Crippen LogP contribution in [0.15, 0.2) is 24.3 Å². The zero-order valence-electron chi connectivity index (χ0n) is 13.1. The van der Waals surface area contributed by atoms with E-state index >= 15 is 0 Å². The van der Waals surface area contributed by atoms with Gasteiger partial charge in [-0.05, 0) is 51.0 Å². The standard InChI is InChI=1S/C16H24N2O4/c1-16(2,22-15(17)20)11-18-9-7-14(8-10-18)21-13-5-3-12(19)4-6-13/h3-6,14,19H,7-11H2,1-2H3,(H2,17,20). The van der Waals surface area contributed by atoms with Crippen molar-refractivity contribution in [2.45, 2.75) is 38.4 Å². The smallest absolute Gasteiger partial charge is 0.405 e. The van der Waals surface area contributed by atoms with E-state index in [1.807, 2.05) is 13.8 Å². The Bertz CT molecular complexity index is 493. The van der Waals surface area contributed by atoms with E-state index < -0.39 is 11.7 Å². The number of amides is 1. The molecule has 1 aliphatic heterocycles. The van der Waals surface area contributed by atoms with Crippen LogP contribution in [0.1, 0.15) is 26.7 Å². The van der Waals surface area contributed by atoms with Gasteiger partial charge < -0.3 is 20.3 Å². The molecule has 1 fully saturated rings. The van der Waals surface area contributed by atoms with Gasteiger partial charge in [0.25, 0.3) is 0 Å². The molecule has 1 saturated heterocycles. The summed E-state index contributed by atoms with van der Waals surface area (Å²) in [6.07, 6.45) is 1.25. The predicted octanol–water partition coefficient (Wildman–Crippen LogP) is 2.11. The van der Waals surface area contributed by atoms with Gasteiger partial charge >= 0.3 is 6.09 Å². The number of carbonyl (C=O) groups excluding carboxylic acids is 1. The second-order valence-electron chi connectivity index (χ2n) is 6.27. The lowest BCUT2D eigenvalue weighted by Crippen LogP contribution is -2.47. The second kappa shape index (κ2) is 6.87. The topological polar surface area (TPSA) is 85.0 Å². The average molecular weight is 308 g/mol. The normalized spacial score (nSPS) is 17.2. The number of nitrogens with two attached hydrogens (primary N) is 1. The highest BCUT2D eigenvalue weighted by Crippen LogP contribution is 2.22. The number of hydrogen-bond donors (Lipinski definition) is 2. The van der Waals surface area contributed by atoms with Crippen LogP contribution in [0.5, 0.6) is 11.5 Å². The molecule has 0 saturated carbocycles. The third kappa shape index (κ3) is 5.11. The molecule has 1 heterocycles. The maximum atomic E-state index is 10.9. The molecule has 0 aliphatic carbocycles. The number of phenols is 1. The van der Waals surface area contributed by atoms with Crippen molar-refractivity contribution in [3.63, 3.8) is 0 Å². The van der Waals surface area contributed by atoms with E-state index in [0.717, 1.165) is 31.7 Å². The fraction of sp³-hybridized carbons (Fsp3) is 0.562. The number of ether oxygens (including phenoxy) is 2. The first-order chi connectivity index (χ1) is 10.3. The number of aromatic hydroxyl groups is 1. The second-order valence-corrected chi connectivity index (χ2v) is 6.27. The number of piperidine rings is 1. The monoisotopic (exact) mass is 308 g/mol. The Balaban J connectivity index is 1.78. The highest BCUT2D eigenvalue weighted by molar-refractivity contribution is 5.65. The summed E-state index contributed by atoms with van der Waals surface area (Å²) in [6.45, 7) is 6.14. The lowest BCUT2D eigenvalue weighted by atomic mass is 10.0. The molecule has 0 bridgehead atoms. The number of carbonyl (C=O) groups is 1. The maximum absolute atomic E-state index is 10.9. The minimum absolute atomic E-state index is 0.168. The molecule has 0 spiro atoms. The van der Waals surface area contributed by atoms with E-state index in [9.17, 15) is 9.90 Å². The number of likely N-dealkylation sites (tertiary alicyclic amines) is 1. The Morgan fingerprint density at radius 1 is 1.32 bits per heavy atom. The van der Waals surface area contributed by atoms with E-state index in [1.54, 1.807) is 24.3 Å². The fourth-order valence-electron chi connectivity index (χ4n) is 2.75. The summed E-state index contributed by atoms with van der Waals surface area (Å²) in [5.74, 6) is 1.01. The molecule has 0 aromatic heterocycles. The van der Waals surface area contributed by atoms with Crippen molar-refractivity contribution in [3.05, 3.63) is 24.3 Å². The van der Waals surface area contributed by atoms with Crippen LogP contribution in [0.2, 0.25) is 0 Å². The number of nitrogens with zero attached hydrogens (tertiary/aromatic N) is 1. The summed E-state index contributed by atoms with van der Waals surface area (Å²) in [5, 5.41) is 9.26. The van der Waals surface area contributed by atoms with E-state index in [0.29, 0.717) is 6.54 Å². The fourth-order valence-corrected chi connectivity index (χ4v) is 2.75. The number of rotatable bonds is 5. The van der Waals surface area contributed by atoms with Gasteiger partial charge in [0.1, 0.15) is 23.2 Å². The average Bonchev–Trinajstić information content (AvgIpc) is 2.42. The predicted molar refractivity (Wildman–Crippen MR) is 82.9 cm³/mol. The van der Waals surface area contributed by atoms with E-state index in [1.165, 1.54) is 0 Å². The largest absolute Gasteiger partial charge is 0.508 e.